The van der Waals surface area contributed by atoms with Gasteiger partial charge >= 0.3 is 5.97 Å². The number of benzene rings is 1. The van der Waals surface area contributed by atoms with Gasteiger partial charge in [0.1, 0.15) is 5.75 Å². The average molecular weight is 431 g/mol. The minimum Gasteiger partial charge on any atom is -0.484 e. The molecule has 2 rings (SSSR count). The second kappa shape index (κ2) is 10.5. The molecule has 0 aromatic heterocycles. The summed E-state index contributed by atoms with van der Waals surface area (Å²) in [6.45, 7) is 2.64. The topological polar surface area (TPSA) is 76.2 Å². The number of likely N-dealkylation sites (N-methyl/N-ethyl adjacent to an activating group) is 1. The van der Waals surface area contributed by atoms with Crippen LogP contribution in [0.15, 0.2) is 18.2 Å². The maximum atomic E-state index is 12.5. The smallest absolute Gasteiger partial charge is 0.310 e. The van der Waals surface area contributed by atoms with Crippen molar-refractivity contribution in [2.45, 2.75) is 19.8 Å². The lowest BCUT2D eigenvalue weighted by atomic mass is 9.98. The molecule has 0 N–H and O–H groups in total. The number of halogens is 2. The quantitative estimate of drug-likeness (QED) is 0.621. The number of ether oxygens (including phenoxy) is 2. The largest absolute Gasteiger partial charge is 0.484 e. The summed E-state index contributed by atoms with van der Waals surface area (Å²) >= 11 is 11.7. The van der Waals surface area contributed by atoms with Crippen LogP contribution in [-0.2, 0) is 19.1 Å². The van der Waals surface area contributed by atoms with Crippen LogP contribution in [0.3, 0.4) is 0 Å². The van der Waals surface area contributed by atoms with Crippen molar-refractivity contribution in [3.05, 3.63) is 28.2 Å². The second-order valence-electron chi connectivity index (χ2n) is 6.55. The number of piperidine rings is 1. The van der Waals surface area contributed by atoms with Gasteiger partial charge in [0.05, 0.1) is 29.1 Å². The van der Waals surface area contributed by atoms with Crippen molar-refractivity contribution < 1.29 is 23.9 Å². The van der Waals surface area contributed by atoms with Crippen molar-refractivity contribution in [1.82, 2.24) is 9.80 Å². The molecule has 7 nitrogen and oxygen atoms in total. The van der Waals surface area contributed by atoms with Gasteiger partial charge in [0, 0.05) is 26.2 Å². The lowest BCUT2D eigenvalue weighted by Crippen LogP contribution is -2.47. The second-order valence-corrected chi connectivity index (χ2v) is 7.36. The highest BCUT2D eigenvalue weighted by Crippen LogP contribution is 2.26. The molecule has 1 saturated heterocycles. The van der Waals surface area contributed by atoms with Crippen molar-refractivity contribution in [1.29, 1.82) is 0 Å². The first-order chi connectivity index (χ1) is 13.3. The van der Waals surface area contributed by atoms with Crippen molar-refractivity contribution in [2.24, 2.45) is 5.92 Å². The first-order valence-electron chi connectivity index (χ1n) is 9.08. The summed E-state index contributed by atoms with van der Waals surface area (Å²) in [4.78, 5) is 39.6. The SMILES string of the molecule is CCOC(=O)C1CCCN(C(=O)CN(C)C(=O)COc2ccc(Cl)c(Cl)c2)C1. The Balaban J connectivity index is 1.82. The van der Waals surface area contributed by atoms with Gasteiger partial charge in [-0.05, 0) is 31.9 Å². The lowest BCUT2D eigenvalue weighted by molar-refractivity contribution is -0.152. The molecular formula is C19H24Cl2N2O5. The highest BCUT2D eigenvalue weighted by Gasteiger charge is 2.30. The van der Waals surface area contributed by atoms with E-state index in [9.17, 15) is 14.4 Å². The lowest BCUT2D eigenvalue weighted by Gasteiger charge is -2.32. The monoisotopic (exact) mass is 430 g/mol. The summed E-state index contributed by atoms with van der Waals surface area (Å²) in [5, 5.41) is 0.724. The van der Waals surface area contributed by atoms with E-state index in [-0.39, 0.29) is 36.9 Å². The molecule has 0 aliphatic carbocycles. The number of hydrogen-bond donors (Lipinski definition) is 0. The molecule has 9 heteroatoms. The Morgan fingerprint density at radius 3 is 2.68 bits per heavy atom. The third-order valence-electron chi connectivity index (χ3n) is 4.45. The van der Waals surface area contributed by atoms with Gasteiger partial charge in [-0.25, -0.2) is 0 Å². The van der Waals surface area contributed by atoms with Crippen LogP contribution in [0.4, 0.5) is 0 Å². The van der Waals surface area contributed by atoms with E-state index in [1.165, 1.54) is 18.0 Å². The van der Waals surface area contributed by atoms with Gasteiger partial charge in [0.15, 0.2) is 6.61 Å². The van der Waals surface area contributed by atoms with Crippen LogP contribution in [0.2, 0.25) is 10.0 Å². The van der Waals surface area contributed by atoms with E-state index in [1.807, 2.05) is 0 Å². The van der Waals surface area contributed by atoms with E-state index in [1.54, 1.807) is 24.0 Å². The Morgan fingerprint density at radius 2 is 2.00 bits per heavy atom. The fourth-order valence-corrected chi connectivity index (χ4v) is 3.16. The molecule has 1 unspecified atom stereocenters. The van der Waals surface area contributed by atoms with Gasteiger partial charge in [-0.15, -0.1) is 0 Å². The summed E-state index contributed by atoms with van der Waals surface area (Å²) in [7, 11) is 1.53. The molecule has 1 aliphatic rings. The highest BCUT2D eigenvalue weighted by atomic mass is 35.5. The van der Waals surface area contributed by atoms with E-state index in [0.717, 1.165) is 6.42 Å². The third kappa shape index (κ3) is 6.27. The minimum absolute atomic E-state index is 0.0842. The maximum Gasteiger partial charge on any atom is 0.310 e. The zero-order valence-corrected chi connectivity index (χ0v) is 17.5. The van der Waals surface area contributed by atoms with E-state index in [0.29, 0.717) is 41.9 Å². The molecule has 2 amide bonds. The summed E-state index contributed by atoms with van der Waals surface area (Å²) in [5.41, 5.74) is 0. The van der Waals surface area contributed by atoms with E-state index in [2.05, 4.69) is 0 Å². The number of nitrogens with zero attached hydrogens (tertiary/aromatic N) is 2. The normalized spacial score (nSPS) is 16.4. The molecule has 1 aromatic rings. The maximum absolute atomic E-state index is 12.5. The Hall–Kier alpha value is -1.99. The number of amides is 2. The number of hydrogen-bond acceptors (Lipinski definition) is 5. The van der Waals surface area contributed by atoms with Gasteiger partial charge in [-0.2, -0.15) is 0 Å². The Labute approximate surface area is 174 Å². The molecule has 1 atom stereocenters. The van der Waals surface area contributed by atoms with Crippen LogP contribution in [0, 0.1) is 5.92 Å². The molecule has 0 radical (unpaired) electrons. The molecule has 1 fully saturated rings. The van der Waals surface area contributed by atoms with Gasteiger partial charge in [0.25, 0.3) is 5.91 Å². The summed E-state index contributed by atoms with van der Waals surface area (Å²) < 4.78 is 10.4. The minimum atomic E-state index is -0.349. The highest BCUT2D eigenvalue weighted by molar-refractivity contribution is 6.42. The first-order valence-corrected chi connectivity index (χ1v) is 9.83. The summed E-state index contributed by atoms with van der Waals surface area (Å²) in [6.07, 6.45) is 1.43. The van der Waals surface area contributed by atoms with Crippen molar-refractivity contribution >= 4 is 41.0 Å². The fraction of sp³-hybridized carbons (Fsp3) is 0.526. The van der Waals surface area contributed by atoms with E-state index in [4.69, 9.17) is 32.7 Å². The van der Waals surface area contributed by atoms with Gasteiger partial charge in [-0.1, -0.05) is 23.2 Å². The van der Waals surface area contributed by atoms with Gasteiger partial charge < -0.3 is 19.3 Å². The van der Waals surface area contributed by atoms with Crippen LogP contribution in [0.5, 0.6) is 5.75 Å². The Kier molecular flexibility index (Phi) is 8.38. The number of rotatable bonds is 7. The molecule has 0 spiro atoms. The van der Waals surface area contributed by atoms with Crippen LogP contribution >= 0.6 is 23.2 Å². The molecule has 1 heterocycles. The zero-order valence-electron chi connectivity index (χ0n) is 16.0. The molecule has 0 bridgehead atoms. The number of esters is 1. The first kappa shape index (κ1) is 22.3. The zero-order chi connectivity index (χ0) is 20.7. The molecule has 1 aliphatic heterocycles. The number of likely N-dealkylation sites (tertiary alicyclic amines) is 1. The fourth-order valence-electron chi connectivity index (χ4n) is 2.87. The van der Waals surface area contributed by atoms with Crippen LogP contribution in [0.1, 0.15) is 19.8 Å². The number of carbonyl (C=O) groups excluding carboxylic acids is 3. The summed E-state index contributed by atoms with van der Waals surface area (Å²) in [6, 6.07) is 4.70. The molecule has 1 aromatic carbocycles. The van der Waals surface area contributed by atoms with E-state index < -0.39 is 0 Å². The standard InChI is InChI=1S/C19H24Cl2N2O5/c1-3-27-19(26)13-5-4-8-23(10-13)17(24)11-22(2)18(25)12-28-14-6-7-15(20)16(21)9-14/h6-7,9,13H,3-5,8,10-12H2,1-2H3. The molecule has 154 valence electrons. The molecule has 0 saturated carbocycles. The average Bonchev–Trinajstić information content (AvgIpc) is 2.68. The Morgan fingerprint density at radius 1 is 1.25 bits per heavy atom. The number of carbonyl (C=O) groups is 3. The Bertz CT molecular complexity index is 728. The van der Waals surface area contributed by atoms with Crippen LogP contribution in [-0.4, -0.2) is 67.5 Å². The third-order valence-corrected chi connectivity index (χ3v) is 5.18. The van der Waals surface area contributed by atoms with Crippen LogP contribution < -0.4 is 4.74 Å². The molecule has 28 heavy (non-hydrogen) atoms. The van der Waals surface area contributed by atoms with Crippen molar-refractivity contribution in [2.75, 3.05) is 39.9 Å². The van der Waals surface area contributed by atoms with E-state index >= 15 is 0 Å². The van der Waals surface area contributed by atoms with Gasteiger partial charge in [0.2, 0.25) is 5.91 Å². The summed E-state index contributed by atoms with van der Waals surface area (Å²) in [5.74, 6) is -0.732. The predicted octanol–water partition coefficient (Wildman–Crippen LogP) is 2.63. The van der Waals surface area contributed by atoms with Crippen molar-refractivity contribution in [3.63, 3.8) is 0 Å². The molecular weight excluding hydrogens is 407 g/mol. The van der Waals surface area contributed by atoms with Crippen molar-refractivity contribution in [3.8, 4) is 5.75 Å². The predicted molar refractivity (Wildman–Crippen MR) is 106 cm³/mol. The van der Waals surface area contributed by atoms with Crippen LogP contribution in [0.25, 0.3) is 0 Å². The van der Waals surface area contributed by atoms with Gasteiger partial charge in [-0.3, -0.25) is 14.4 Å².